The van der Waals surface area contributed by atoms with Crippen molar-refractivity contribution in [2.75, 3.05) is 19.5 Å². The van der Waals surface area contributed by atoms with E-state index in [0.717, 1.165) is 5.56 Å². The highest BCUT2D eigenvalue weighted by Crippen LogP contribution is 2.12. The molecule has 0 fully saturated rings. The van der Waals surface area contributed by atoms with Crippen molar-refractivity contribution in [2.45, 2.75) is 19.8 Å². The Labute approximate surface area is 134 Å². The molecule has 0 aromatic heterocycles. The van der Waals surface area contributed by atoms with E-state index in [4.69, 9.17) is 4.74 Å². The second-order valence-corrected chi connectivity index (χ2v) is 5.34. The van der Waals surface area contributed by atoms with Gasteiger partial charge in [-0.3, -0.25) is 4.79 Å². The maximum atomic E-state index is 11.3. The minimum absolute atomic E-state index is 0.241. The Hall–Kier alpha value is -2.02. The van der Waals surface area contributed by atoms with Gasteiger partial charge in [0.2, 0.25) is 0 Å². The van der Waals surface area contributed by atoms with Gasteiger partial charge in [0.1, 0.15) is 0 Å². The summed E-state index contributed by atoms with van der Waals surface area (Å²) in [7, 11) is 1.27. The van der Waals surface area contributed by atoms with Crippen LogP contribution in [0.2, 0.25) is 0 Å². The highest BCUT2D eigenvalue weighted by atomic mass is 32.2. The van der Waals surface area contributed by atoms with Gasteiger partial charge in [0.15, 0.2) is 0 Å². The van der Waals surface area contributed by atoms with Crippen molar-refractivity contribution in [3.05, 3.63) is 35.9 Å². The molecule has 22 heavy (non-hydrogen) atoms. The second-order valence-electron chi connectivity index (χ2n) is 4.17. The molecule has 0 atom stereocenters. The minimum Gasteiger partial charge on any atom is -0.466 e. The van der Waals surface area contributed by atoms with Crippen molar-refractivity contribution in [3.8, 4) is 0 Å². The first-order chi connectivity index (χ1) is 10.7. The predicted molar refractivity (Wildman–Crippen MR) is 86.8 cm³/mol. The summed E-state index contributed by atoms with van der Waals surface area (Å²) in [5, 5.41) is 4.73. The van der Waals surface area contributed by atoms with Gasteiger partial charge in [0, 0.05) is 12.2 Å². The maximum absolute atomic E-state index is 11.3. The highest BCUT2D eigenvalue weighted by Gasteiger charge is 2.07. The number of esters is 1. The van der Waals surface area contributed by atoms with Gasteiger partial charge in [0.05, 0.1) is 25.2 Å². The first kappa shape index (κ1) is 18.0. The lowest BCUT2D eigenvalue weighted by atomic mass is 10.2. The summed E-state index contributed by atoms with van der Waals surface area (Å²) in [6.45, 7) is 2.14. The van der Waals surface area contributed by atoms with Crippen LogP contribution in [0.3, 0.4) is 0 Å². The molecule has 7 heteroatoms. The molecule has 0 aliphatic heterocycles. The van der Waals surface area contributed by atoms with E-state index in [2.05, 4.69) is 15.3 Å². The van der Waals surface area contributed by atoms with Gasteiger partial charge >= 0.3 is 12.1 Å². The highest BCUT2D eigenvalue weighted by molar-refractivity contribution is 8.13. The monoisotopic (exact) mass is 324 g/mol. The van der Waals surface area contributed by atoms with Crippen molar-refractivity contribution in [3.63, 3.8) is 0 Å². The van der Waals surface area contributed by atoms with Crippen molar-refractivity contribution in [1.29, 1.82) is 0 Å². The molecular formula is C15H20N2O4S. The van der Waals surface area contributed by atoms with Gasteiger partial charge in [-0.15, -0.1) is 11.8 Å². The fourth-order valence-corrected chi connectivity index (χ4v) is 2.42. The molecule has 1 amide bonds. The van der Waals surface area contributed by atoms with Crippen LogP contribution in [-0.4, -0.2) is 36.6 Å². The third kappa shape index (κ3) is 7.68. The molecule has 1 aromatic carbocycles. The summed E-state index contributed by atoms with van der Waals surface area (Å²) >= 11 is 1.40. The Balaban J connectivity index is 2.58. The van der Waals surface area contributed by atoms with Gasteiger partial charge in [-0.2, -0.15) is 5.10 Å². The van der Waals surface area contributed by atoms with Crippen molar-refractivity contribution < 1.29 is 19.1 Å². The normalized spacial score (nSPS) is 10.9. The largest absolute Gasteiger partial charge is 0.466 e. The summed E-state index contributed by atoms with van der Waals surface area (Å²) in [4.78, 5) is 22.4. The molecule has 0 aliphatic rings. The Morgan fingerprint density at radius 1 is 1.27 bits per heavy atom. The van der Waals surface area contributed by atoms with E-state index in [1.807, 2.05) is 30.3 Å². The molecule has 0 aliphatic carbocycles. The lowest BCUT2D eigenvalue weighted by Gasteiger charge is -2.07. The molecule has 0 saturated heterocycles. The number of nitrogens with zero attached hydrogens (tertiary/aromatic N) is 1. The zero-order valence-electron chi connectivity index (χ0n) is 12.7. The number of carbonyl (C=O) groups excluding carboxylic acids is 2. The lowest BCUT2D eigenvalue weighted by molar-refractivity contribution is -0.142. The molecule has 120 valence electrons. The number of ether oxygens (including phenoxy) is 2. The van der Waals surface area contributed by atoms with E-state index >= 15 is 0 Å². The first-order valence-electron chi connectivity index (χ1n) is 6.88. The zero-order chi connectivity index (χ0) is 16.2. The van der Waals surface area contributed by atoms with Crippen molar-refractivity contribution in [2.24, 2.45) is 5.10 Å². The Morgan fingerprint density at radius 2 is 2.00 bits per heavy atom. The van der Waals surface area contributed by atoms with E-state index in [1.54, 1.807) is 6.92 Å². The number of hydrogen-bond acceptors (Lipinski definition) is 6. The second kappa shape index (κ2) is 10.7. The minimum atomic E-state index is -0.628. The molecule has 0 bridgehead atoms. The predicted octanol–water partition coefficient (Wildman–Crippen LogP) is 2.59. The molecule has 0 heterocycles. The van der Waals surface area contributed by atoms with E-state index < -0.39 is 6.09 Å². The lowest BCUT2D eigenvalue weighted by Crippen LogP contribution is -2.19. The number of nitrogens with one attached hydrogen (secondary N) is 1. The third-order valence-electron chi connectivity index (χ3n) is 2.54. The number of rotatable bonds is 7. The fourth-order valence-electron chi connectivity index (χ4n) is 1.53. The number of carbonyl (C=O) groups is 2. The van der Waals surface area contributed by atoms with E-state index in [1.165, 1.54) is 18.9 Å². The van der Waals surface area contributed by atoms with Gasteiger partial charge in [-0.05, 0) is 12.5 Å². The summed E-state index contributed by atoms with van der Waals surface area (Å²) < 4.78 is 9.36. The summed E-state index contributed by atoms with van der Waals surface area (Å²) in [5.41, 5.74) is 3.37. The molecule has 0 unspecified atom stereocenters. The summed E-state index contributed by atoms with van der Waals surface area (Å²) in [5.74, 6) is 0.294. The molecule has 1 N–H and O–H groups in total. The third-order valence-corrected chi connectivity index (χ3v) is 3.51. The van der Waals surface area contributed by atoms with Crippen molar-refractivity contribution >= 4 is 28.9 Å². The van der Waals surface area contributed by atoms with Crippen molar-refractivity contribution in [1.82, 2.24) is 5.43 Å². The van der Waals surface area contributed by atoms with Crippen LogP contribution in [0, 0.1) is 0 Å². The smallest absolute Gasteiger partial charge is 0.427 e. The van der Waals surface area contributed by atoms with Gasteiger partial charge in [0.25, 0.3) is 0 Å². The number of hydrogen-bond donors (Lipinski definition) is 1. The molecule has 0 radical (unpaired) electrons. The van der Waals surface area contributed by atoms with Crippen LogP contribution in [0.25, 0.3) is 0 Å². The molecule has 1 rings (SSSR count). The quantitative estimate of drug-likeness (QED) is 0.361. The maximum Gasteiger partial charge on any atom is 0.427 e. The summed E-state index contributed by atoms with van der Waals surface area (Å²) in [6, 6.07) is 9.74. The van der Waals surface area contributed by atoms with E-state index in [9.17, 15) is 9.59 Å². The van der Waals surface area contributed by atoms with Crippen LogP contribution in [0.4, 0.5) is 4.79 Å². The number of amides is 1. The SMILES string of the molecule is CCOC(=O)CCSC(Cc1ccccc1)=NNC(=O)OC. The molecular weight excluding hydrogens is 304 g/mol. The van der Waals surface area contributed by atoms with Crippen LogP contribution >= 0.6 is 11.8 Å². The van der Waals surface area contributed by atoms with E-state index in [-0.39, 0.29) is 5.97 Å². The Bertz CT molecular complexity index is 506. The fraction of sp³-hybridized carbons (Fsp3) is 0.400. The first-order valence-corrected chi connectivity index (χ1v) is 7.87. The van der Waals surface area contributed by atoms with Gasteiger partial charge in [-0.1, -0.05) is 30.3 Å². The van der Waals surface area contributed by atoms with E-state index in [0.29, 0.717) is 30.2 Å². The standard InChI is InChI=1S/C15H20N2O4S/c1-3-21-14(18)9-10-22-13(16-17-15(19)20-2)11-12-7-5-4-6-8-12/h4-8H,3,9-11H2,1-2H3,(H,17,19). The average Bonchev–Trinajstić information content (AvgIpc) is 2.53. The zero-order valence-corrected chi connectivity index (χ0v) is 13.5. The Kier molecular flexibility index (Phi) is 8.74. The van der Waals surface area contributed by atoms with Crippen LogP contribution in [0.5, 0.6) is 0 Å². The summed E-state index contributed by atoms with van der Waals surface area (Å²) in [6.07, 6.45) is 0.236. The molecule has 0 saturated carbocycles. The average molecular weight is 324 g/mol. The molecule has 0 spiro atoms. The number of benzene rings is 1. The van der Waals surface area contributed by atoms with Gasteiger partial charge < -0.3 is 9.47 Å². The molecule has 6 nitrogen and oxygen atoms in total. The van der Waals surface area contributed by atoms with Crippen LogP contribution in [0.15, 0.2) is 35.4 Å². The topological polar surface area (TPSA) is 77.0 Å². The Morgan fingerprint density at radius 3 is 2.64 bits per heavy atom. The number of methoxy groups -OCH3 is 1. The van der Waals surface area contributed by atoms with Crippen LogP contribution < -0.4 is 5.43 Å². The van der Waals surface area contributed by atoms with Gasteiger partial charge in [-0.25, -0.2) is 10.2 Å². The van der Waals surface area contributed by atoms with Crippen LogP contribution in [-0.2, 0) is 20.7 Å². The number of thioether (sulfide) groups is 1. The number of hydrazone groups is 1. The van der Waals surface area contributed by atoms with Crippen LogP contribution in [0.1, 0.15) is 18.9 Å². The molecule has 1 aromatic rings.